The van der Waals surface area contributed by atoms with Gasteiger partial charge in [0, 0.05) is 32.7 Å². The molecular formula is C36H54O4SY-2. The smallest absolute Gasteiger partial charge is 0.206 e. The van der Waals surface area contributed by atoms with Crippen LogP contribution in [-0.2, 0) is 42.5 Å². The first-order valence-corrected chi connectivity index (χ1v) is 15.2. The Balaban J connectivity index is -0.000000215. The summed E-state index contributed by atoms with van der Waals surface area (Å²) in [4.78, 5) is 0.438. The number of aryl methyl sites for hydroxylation is 1. The van der Waals surface area contributed by atoms with Gasteiger partial charge in [0.15, 0.2) is 0 Å². The first-order valence-electron chi connectivity index (χ1n) is 13.7. The first-order chi connectivity index (χ1) is 19.0. The second kappa shape index (κ2) is 31.5. The van der Waals surface area contributed by atoms with Crippen LogP contribution in [0.1, 0.15) is 61.0 Å². The van der Waals surface area contributed by atoms with Crippen LogP contribution in [0.2, 0.25) is 0 Å². The molecule has 0 saturated carbocycles. The molecule has 0 bridgehead atoms. The number of rotatable bonds is 5. The third-order valence-electron chi connectivity index (χ3n) is 4.42. The minimum absolute atomic E-state index is 0. The van der Waals surface area contributed by atoms with Crippen molar-refractivity contribution in [1.29, 1.82) is 0 Å². The molecule has 4 aromatic rings. The molecule has 6 heteroatoms. The zero-order chi connectivity index (χ0) is 30.1. The molecule has 4 rings (SSSR count). The van der Waals surface area contributed by atoms with Crippen LogP contribution in [0, 0.1) is 21.8 Å². The standard InChI is InChI=1S/C19H16O4S.C7H8.4C2H6.2CH3.Y/c1-22-15-7-11-18(12-8-15)24(20,21)19-13-9-17(10-14-19)23-16-5-3-2-4-6-16;1-7-5-3-2-4-6-7;4*1-2;;;/h2-14H,1H3;2-6H,1H3;4*1-2H3;2*1H3;/q;;;;;;2*-1;. The van der Waals surface area contributed by atoms with E-state index in [9.17, 15) is 8.42 Å². The van der Waals surface area contributed by atoms with E-state index in [1.807, 2.05) is 104 Å². The molecular weight excluding hydrogens is 617 g/mol. The molecule has 4 aromatic carbocycles. The number of para-hydroxylation sites is 1. The summed E-state index contributed by atoms with van der Waals surface area (Å²) in [5.74, 6) is 1.89. The van der Waals surface area contributed by atoms with Crippen LogP contribution in [-0.4, -0.2) is 15.5 Å². The molecule has 0 aromatic heterocycles. The van der Waals surface area contributed by atoms with Crippen LogP contribution in [0.4, 0.5) is 0 Å². The van der Waals surface area contributed by atoms with E-state index in [1.165, 1.54) is 36.9 Å². The maximum atomic E-state index is 12.6. The first kappa shape index (κ1) is 49.2. The zero-order valence-corrected chi connectivity index (χ0v) is 31.7. The summed E-state index contributed by atoms with van der Waals surface area (Å²) >= 11 is 0. The van der Waals surface area contributed by atoms with E-state index in [0.717, 1.165) is 0 Å². The monoisotopic (exact) mass is 671 g/mol. The van der Waals surface area contributed by atoms with Crippen LogP contribution in [0.3, 0.4) is 0 Å². The Morgan fingerprint density at radius 2 is 0.786 bits per heavy atom. The van der Waals surface area contributed by atoms with E-state index < -0.39 is 9.84 Å². The van der Waals surface area contributed by atoms with Gasteiger partial charge in [0.05, 0.1) is 16.9 Å². The molecule has 0 aliphatic heterocycles. The van der Waals surface area contributed by atoms with Crippen LogP contribution >= 0.6 is 0 Å². The average Bonchev–Trinajstić information content (AvgIpc) is 3.03. The zero-order valence-electron chi connectivity index (χ0n) is 28.0. The summed E-state index contributed by atoms with van der Waals surface area (Å²) in [5, 5.41) is 0. The maximum absolute atomic E-state index is 12.6. The third-order valence-corrected chi connectivity index (χ3v) is 6.21. The van der Waals surface area contributed by atoms with Crippen LogP contribution in [0.5, 0.6) is 17.2 Å². The molecule has 0 heterocycles. The quantitative estimate of drug-likeness (QED) is 0.198. The number of hydrogen-bond donors (Lipinski definition) is 0. The van der Waals surface area contributed by atoms with Crippen molar-refractivity contribution in [3.63, 3.8) is 0 Å². The van der Waals surface area contributed by atoms with Crippen LogP contribution < -0.4 is 9.47 Å². The second-order valence-corrected chi connectivity index (χ2v) is 8.67. The van der Waals surface area contributed by atoms with Crippen LogP contribution in [0.15, 0.2) is 119 Å². The van der Waals surface area contributed by atoms with Crippen molar-refractivity contribution in [2.45, 2.75) is 72.1 Å². The average molecular weight is 672 g/mol. The van der Waals surface area contributed by atoms with E-state index in [1.54, 1.807) is 24.3 Å². The molecule has 0 aliphatic carbocycles. The van der Waals surface area contributed by atoms with Crippen molar-refractivity contribution < 1.29 is 50.6 Å². The van der Waals surface area contributed by atoms with Crippen molar-refractivity contribution in [1.82, 2.24) is 0 Å². The van der Waals surface area contributed by atoms with Crippen molar-refractivity contribution in [2.24, 2.45) is 0 Å². The molecule has 1 radical (unpaired) electrons. The largest absolute Gasteiger partial charge is 0.497 e. The summed E-state index contributed by atoms with van der Waals surface area (Å²) in [6.45, 7) is 18.1. The maximum Gasteiger partial charge on any atom is 0.206 e. The van der Waals surface area contributed by atoms with Gasteiger partial charge in [0.1, 0.15) is 17.2 Å². The number of ether oxygens (including phenoxy) is 2. The SMILES string of the molecule is CC.CC.CC.CC.COc1ccc(S(=O)(=O)c2ccc(Oc3ccccc3)cc2)cc1.Cc1ccccc1.[CH3-].[CH3-].[Y]. The van der Waals surface area contributed by atoms with E-state index in [4.69, 9.17) is 9.47 Å². The van der Waals surface area contributed by atoms with E-state index >= 15 is 0 Å². The predicted octanol–water partition coefficient (Wildman–Crippen LogP) is 11.3. The number of sulfone groups is 1. The van der Waals surface area contributed by atoms with Gasteiger partial charge in [0.25, 0.3) is 0 Å². The molecule has 0 spiro atoms. The second-order valence-electron chi connectivity index (χ2n) is 6.72. The van der Waals surface area contributed by atoms with Crippen molar-refractivity contribution in [3.8, 4) is 17.2 Å². The normalized spacial score (nSPS) is 8.33. The van der Waals surface area contributed by atoms with E-state index in [-0.39, 0.29) is 57.4 Å². The molecule has 0 fully saturated rings. The fraction of sp³-hybridized carbons (Fsp3) is 0.278. The Labute approximate surface area is 284 Å². The van der Waals surface area contributed by atoms with Gasteiger partial charge in [-0.1, -0.05) is 109 Å². The summed E-state index contributed by atoms with van der Waals surface area (Å²) < 4.78 is 36.0. The van der Waals surface area contributed by atoms with Crippen molar-refractivity contribution >= 4 is 9.84 Å². The summed E-state index contributed by atoms with van der Waals surface area (Å²) in [5.41, 5.74) is 1.32. The molecule has 0 saturated heterocycles. The van der Waals surface area contributed by atoms with Crippen molar-refractivity contribution in [2.75, 3.05) is 7.11 Å². The van der Waals surface area contributed by atoms with E-state index in [0.29, 0.717) is 17.2 Å². The Bertz CT molecular complexity index is 1180. The number of benzene rings is 4. The fourth-order valence-corrected chi connectivity index (χ4v) is 4.00. The summed E-state index contributed by atoms with van der Waals surface area (Å²) in [7, 11) is -2.03. The van der Waals surface area contributed by atoms with E-state index in [2.05, 4.69) is 19.1 Å². The third kappa shape index (κ3) is 18.9. The Morgan fingerprint density at radius 3 is 1.10 bits per heavy atom. The number of hydrogen-bond acceptors (Lipinski definition) is 4. The van der Waals surface area contributed by atoms with Gasteiger partial charge in [-0.05, 0) is 67.6 Å². The number of methoxy groups -OCH3 is 1. The molecule has 0 N–H and O–H groups in total. The molecule has 4 nitrogen and oxygen atoms in total. The van der Waals surface area contributed by atoms with Gasteiger partial charge in [-0.2, -0.15) is 0 Å². The molecule has 0 aliphatic rings. The van der Waals surface area contributed by atoms with Crippen molar-refractivity contribution in [3.05, 3.63) is 130 Å². The molecule has 0 amide bonds. The van der Waals surface area contributed by atoms with Gasteiger partial charge >= 0.3 is 0 Å². The Hall–Kier alpha value is -2.47. The van der Waals surface area contributed by atoms with Gasteiger partial charge in [-0.25, -0.2) is 8.42 Å². The van der Waals surface area contributed by atoms with Gasteiger partial charge < -0.3 is 24.3 Å². The molecule has 0 atom stereocenters. The minimum atomic E-state index is -3.56. The topological polar surface area (TPSA) is 52.6 Å². The molecule has 42 heavy (non-hydrogen) atoms. The van der Waals surface area contributed by atoms with Crippen LogP contribution in [0.25, 0.3) is 0 Å². The Morgan fingerprint density at radius 1 is 0.476 bits per heavy atom. The molecule has 0 unspecified atom stereocenters. The van der Waals surface area contributed by atoms with Gasteiger partial charge in [-0.15, -0.1) is 0 Å². The summed E-state index contributed by atoms with van der Waals surface area (Å²) in [6, 6.07) is 32.3. The fourth-order valence-electron chi connectivity index (χ4n) is 2.74. The Kier molecular flexibility index (Phi) is 36.9. The van der Waals surface area contributed by atoms with Gasteiger partial charge in [0.2, 0.25) is 9.84 Å². The van der Waals surface area contributed by atoms with Gasteiger partial charge in [-0.3, -0.25) is 0 Å². The minimum Gasteiger partial charge on any atom is -0.497 e. The predicted molar refractivity (Wildman–Crippen MR) is 181 cm³/mol. The summed E-state index contributed by atoms with van der Waals surface area (Å²) in [6.07, 6.45) is 0. The molecule has 233 valence electrons.